The van der Waals surface area contributed by atoms with Crippen LogP contribution in [0.3, 0.4) is 0 Å². The first kappa shape index (κ1) is 16.6. The molecule has 22 heavy (non-hydrogen) atoms. The van der Waals surface area contributed by atoms with E-state index in [4.69, 9.17) is 5.73 Å². The smallest absolute Gasteiger partial charge is 0.276 e. The molecule has 0 bridgehead atoms. The van der Waals surface area contributed by atoms with Gasteiger partial charge in [0.05, 0.1) is 10.7 Å². The van der Waals surface area contributed by atoms with Crippen molar-refractivity contribution < 1.29 is 4.79 Å². The lowest BCUT2D eigenvalue weighted by Crippen LogP contribution is -2.15. The Balaban J connectivity index is 2.07. The third kappa shape index (κ3) is 4.38. The minimum atomic E-state index is -0.218. The largest absolute Gasteiger partial charge is 0.330 e. The summed E-state index contributed by atoms with van der Waals surface area (Å²) in [5.74, 6) is 0.461. The molecule has 7 heteroatoms. The normalized spacial score (nSPS) is 11.7. The zero-order valence-corrected chi connectivity index (χ0v) is 14.3. The Morgan fingerprint density at radius 3 is 2.82 bits per heavy atom. The van der Waals surface area contributed by atoms with Gasteiger partial charge in [0, 0.05) is 24.9 Å². The Morgan fingerprint density at radius 1 is 1.45 bits per heavy atom. The average Bonchev–Trinajstić information content (AvgIpc) is 2.96. The number of nitrogens with two attached hydrogens (primary N) is 1. The third-order valence-corrected chi connectivity index (χ3v) is 3.93. The Morgan fingerprint density at radius 2 is 2.18 bits per heavy atom. The van der Waals surface area contributed by atoms with Crippen molar-refractivity contribution in [1.82, 2.24) is 14.8 Å². The fraction of sp³-hybridized carbons (Fsp3) is 0.533. The van der Waals surface area contributed by atoms with Crippen LogP contribution in [-0.4, -0.2) is 27.2 Å². The van der Waals surface area contributed by atoms with Crippen LogP contribution < -0.4 is 11.1 Å². The number of carbonyl (C=O) groups excluding carboxylic acids is 1. The zero-order valence-electron chi connectivity index (χ0n) is 13.5. The summed E-state index contributed by atoms with van der Waals surface area (Å²) < 4.78 is 1.69. The first-order valence-electron chi connectivity index (χ1n) is 7.27. The van der Waals surface area contributed by atoms with Crippen LogP contribution in [0.15, 0.2) is 11.4 Å². The molecule has 1 amide bonds. The number of nitrogens with one attached hydrogen (secondary N) is 1. The molecule has 0 unspecified atom stereocenters. The Bertz CT molecular complexity index is 653. The van der Waals surface area contributed by atoms with E-state index in [-0.39, 0.29) is 11.3 Å². The van der Waals surface area contributed by atoms with Crippen molar-refractivity contribution in [2.24, 2.45) is 18.2 Å². The average molecular weight is 321 g/mol. The van der Waals surface area contributed by atoms with Gasteiger partial charge in [-0.05, 0) is 18.4 Å². The summed E-state index contributed by atoms with van der Waals surface area (Å²) >= 11 is 1.46. The quantitative estimate of drug-likeness (QED) is 0.884. The summed E-state index contributed by atoms with van der Waals surface area (Å²) in [5.41, 5.74) is 7.04. The standard InChI is InChI=1S/C15H23N5OS/c1-15(2,3)8-10-7-12(20(4)19-10)18-14(21)11-9-22-13(17-11)5-6-16/h7,9H,5-6,8,16H2,1-4H3,(H,18,21). The summed E-state index contributed by atoms with van der Waals surface area (Å²) in [6, 6.07) is 1.91. The molecule has 0 fully saturated rings. The Kier molecular flexibility index (Phi) is 4.97. The van der Waals surface area contributed by atoms with Crippen LogP contribution in [0.2, 0.25) is 0 Å². The van der Waals surface area contributed by atoms with Gasteiger partial charge in [-0.25, -0.2) is 4.98 Å². The van der Waals surface area contributed by atoms with Crippen molar-refractivity contribution in [1.29, 1.82) is 0 Å². The van der Waals surface area contributed by atoms with Gasteiger partial charge in [-0.3, -0.25) is 9.48 Å². The van der Waals surface area contributed by atoms with Gasteiger partial charge in [-0.15, -0.1) is 11.3 Å². The molecular formula is C15H23N5OS. The van der Waals surface area contributed by atoms with Gasteiger partial charge in [-0.1, -0.05) is 20.8 Å². The second-order valence-electron chi connectivity index (χ2n) is 6.50. The van der Waals surface area contributed by atoms with Crippen LogP contribution in [0.5, 0.6) is 0 Å². The van der Waals surface area contributed by atoms with Crippen molar-refractivity contribution >= 4 is 23.1 Å². The highest BCUT2D eigenvalue weighted by atomic mass is 32.1. The molecule has 2 aromatic heterocycles. The van der Waals surface area contributed by atoms with Crippen LogP contribution in [0, 0.1) is 5.41 Å². The molecule has 2 heterocycles. The zero-order chi connectivity index (χ0) is 16.3. The van der Waals surface area contributed by atoms with E-state index in [2.05, 4.69) is 36.2 Å². The summed E-state index contributed by atoms with van der Waals surface area (Å²) in [6.45, 7) is 7.02. The molecule has 0 saturated carbocycles. The van der Waals surface area contributed by atoms with Gasteiger partial charge in [0.25, 0.3) is 5.91 Å². The monoisotopic (exact) mass is 321 g/mol. The highest BCUT2D eigenvalue weighted by Gasteiger charge is 2.17. The van der Waals surface area contributed by atoms with Crippen LogP contribution in [0.25, 0.3) is 0 Å². The van der Waals surface area contributed by atoms with Gasteiger partial charge in [-0.2, -0.15) is 5.10 Å². The summed E-state index contributed by atoms with van der Waals surface area (Å²) in [5, 5.41) is 9.94. The van der Waals surface area contributed by atoms with Crippen LogP contribution in [-0.2, 0) is 19.9 Å². The highest BCUT2D eigenvalue weighted by Crippen LogP contribution is 2.22. The maximum atomic E-state index is 12.2. The van der Waals surface area contributed by atoms with Crippen molar-refractivity contribution in [3.8, 4) is 0 Å². The molecular weight excluding hydrogens is 298 g/mol. The number of rotatable bonds is 5. The Labute approximate surface area is 134 Å². The molecule has 120 valence electrons. The number of aryl methyl sites for hydroxylation is 1. The molecule has 3 N–H and O–H groups in total. The molecule has 2 aromatic rings. The predicted octanol–water partition coefficient (Wildman–Crippen LogP) is 2.22. The number of thiazole rings is 1. The second-order valence-corrected chi connectivity index (χ2v) is 7.44. The second kappa shape index (κ2) is 6.58. The number of nitrogens with zero attached hydrogens (tertiary/aromatic N) is 3. The maximum Gasteiger partial charge on any atom is 0.276 e. The number of aromatic nitrogens is 3. The van der Waals surface area contributed by atoms with Gasteiger partial charge in [0.2, 0.25) is 0 Å². The summed E-state index contributed by atoms with van der Waals surface area (Å²) in [6.07, 6.45) is 1.55. The highest BCUT2D eigenvalue weighted by molar-refractivity contribution is 7.09. The Hall–Kier alpha value is -1.73. The lowest BCUT2D eigenvalue weighted by molar-refractivity contribution is 0.102. The van der Waals surface area contributed by atoms with Crippen molar-refractivity contribution in [2.75, 3.05) is 11.9 Å². The van der Waals surface area contributed by atoms with E-state index in [0.717, 1.165) is 17.1 Å². The first-order valence-corrected chi connectivity index (χ1v) is 8.15. The lowest BCUT2D eigenvalue weighted by Gasteiger charge is -2.15. The van der Waals surface area contributed by atoms with Crippen molar-refractivity contribution in [3.05, 3.63) is 27.8 Å². The van der Waals surface area contributed by atoms with Crippen molar-refractivity contribution in [3.63, 3.8) is 0 Å². The van der Waals surface area contributed by atoms with Crippen LogP contribution in [0.1, 0.15) is 42.0 Å². The van der Waals surface area contributed by atoms with E-state index in [1.165, 1.54) is 11.3 Å². The van der Waals surface area contributed by atoms with E-state index < -0.39 is 0 Å². The van der Waals surface area contributed by atoms with Crippen LogP contribution in [0.4, 0.5) is 5.82 Å². The van der Waals surface area contributed by atoms with E-state index in [1.807, 2.05) is 13.1 Å². The molecule has 0 atom stereocenters. The molecule has 0 aliphatic heterocycles. The fourth-order valence-corrected chi connectivity index (χ4v) is 2.90. The van der Waals surface area contributed by atoms with Gasteiger partial charge in [0.15, 0.2) is 0 Å². The molecule has 0 aliphatic rings. The van der Waals surface area contributed by atoms with Crippen LogP contribution >= 0.6 is 11.3 Å². The molecule has 2 rings (SSSR count). The minimum Gasteiger partial charge on any atom is -0.330 e. The molecule has 0 radical (unpaired) electrons. The molecule has 0 aromatic carbocycles. The van der Waals surface area contributed by atoms with Gasteiger partial charge < -0.3 is 11.1 Å². The van der Waals surface area contributed by atoms with E-state index in [1.54, 1.807) is 10.1 Å². The first-order chi connectivity index (χ1) is 10.3. The fourth-order valence-electron chi connectivity index (χ4n) is 2.11. The number of anilines is 1. The summed E-state index contributed by atoms with van der Waals surface area (Å²) in [7, 11) is 1.82. The SMILES string of the molecule is Cn1nc(CC(C)(C)C)cc1NC(=O)c1csc(CCN)n1. The van der Waals surface area contributed by atoms with Crippen molar-refractivity contribution in [2.45, 2.75) is 33.6 Å². The molecule has 0 saturated heterocycles. The van der Waals surface area contributed by atoms with E-state index in [9.17, 15) is 4.79 Å². The molecule has 0 spiro atoms. The number of hydrogen-bond donors (Lipinski definition) is 2. The van der Waals surface area contributed by atoms with E-state index in [0.29, 0.717) is 24.5 Å². The van der Waals surface area contributed by atoms with Gasteiger partial charge in [0.1, 0.15) is 11.5 Å². The number of carbonyl (C=O) groups is 1. The maximum absolute atomic E-state index is 12.2. The minimum absolute atomic E-state index is 0.154. The van der Waals surface area contributed by atoms with Gasteiger partial charge >= 0.3 is 0 Å². The lowest BCUT2D eigenvalue weighted by atomic mass is 9.91. The molecule has 0 aliphatic carbocycles. The predicted molar refractivity (Wildman–Crippen MR) is 89.2 cm³/mol. The molecule has 6 nitrogen and oxygen atoms in total. The van der Waals surface area contributed by atoms with E-state index >= 15 is 0 Å². The number of amides is 1. The summed E-state index contributed by atoms with van der Waals surface area (Å²) in [4.78, 5) is 16.5. The topological polar surface area (TPSA) is 85.8 Å². The third-order valence-electron chi connectivity index (χ3n) is 3.03. The number of hydrogen-bond acceptors (Lipinski definition) is 5.